The predicted octanol–water partition coefficient (Wildman–Crippen LogP) is -0.334. The van der Waals surface area contributed by atoms with Crippen molar-refractivity contribution in [2.24, 2.45) is 5.92 Å². The molecule has 0 radical (unpaired) electrons. The third kappa shape index (κ3) is 3.93. The number of carbonyl (C=O) groups excluding carboxylic acids is 2. The summed E-state index contributed by atoms with van der Waals surface area (Å²) in [7, 11) is 0. The number of nitrogens with one attached hydrogen (secondary N) is 1. The topological polar surface area (TPSA) is 95.9 Å². The molecule has 96 valence electrons. The minimum atomic E-state index is -0.888. The summed E-state index contributed by atoms with van der Waals surface area (Å²) in [6.45, 7) is 2.68. The van der Waals surface area contributed by atoms with Crippen LogP contribution in [0, 0.1) is 5.92 Å². The van der Waals surface area contributed by atoms with E-state index >= 15 is 0 Å². The van der Waals surface area contributed by atoms with Crippen LogP contribution in [-0.4, -0.2) is 54.2 Å². The van der Waals surface area contributed by atoms with Crippen LogP contribution in [-0.2, 0) is 14.3 Å². The van der Waals surface area contributed by atoms with Crippen LogP contribution in [0.2, 0.25) is 0 Å². The van der Waals surface area contributed by atoms with E-state index in [1.807, 2.05) is 0 Å². The van der Waals surface area contributed by atoms with Gasteiger partial charge in [-0.15, -0.1) is 0 Å². The second kappa shape index (κ2) is 6.07. The standard InChI is InChI=1S/C10H16N2O5/c1-2-17-8(13)3-4-11-10(16)12-5-7(6-12)9(14)15/h7H,2-6H2,1H3,(H,11,16)(H,14,15). The van der Waals surface area contributed by atoms with E-state index in [1.54, 1.807) is 6.92 Å². The van der Waals surface area contributed by atoms with Crippen LogP contribution in [0.1, 0.15) is 13.3 Å². The van der Waals surface area contributed by atoms with Crippen LogP contribution in [0.15, 0.2) is 0 Å². The van der Waals surface area contributed by atoms with Gasteiger partial charge in [-0.05, 0) is 6.92 Å². The molecule has 1 aliphatic rings. The number of carbonyl (C=O) groups is 3. The van der Waals surface area contributed by atoms with E-state index < -0.39 is 11.9 Å². The molecular weight excluding hydrogens is 228 g/mol. The first-order chi connectivity index (χ1) is 8.04. The van der Waals surface area contributed by atoms with Crippen molar-refractivity contribution in [3.05, 3.63) is 0 Å². The number of nitrogens with zero attached hydrogens (tertiary/aromatic N) is 1. The van der Waals surface area contributed by atoms with E-state index in [-0.39, 0.29) is 38.1 Å². The molecular formula is C10H16N2O5. The fourth-order valence-electron chi connectivity index (χ4n) is 1.42. The van der Waals surface area contributed by atoms with Crippen molar-refractivity contribution in [1.82, 2.24) is 10.2 Å². The summed E-state index contributed by atoms with van der Waals surface area (Å²) in [5.74, 6) is -1.72. The average molecular weight is 244 g/mol. The van der Waals surface area contributed by atoms with Crippen molar-refractivity contribution in [1.29, 1.82) is 0 Å². The highest BCUT2D eigenvalue weighted by molar-refractivity contribution is 5.80. The predicted molar refractivity (Wildman–Crippen MR) is 57.3 cm³/mol. The average Bonchev–Trinajstić information content (AvgIpc) is 2.14. The van der Waals surface area contributed by atoms with Gasteiger partial charge in [0.15, 0.2) is 0 Å². The highest BCUT2D eigenvalue weighted by Gasteiger charge is 2.35. The zero-order chi connectivity index (χ0) is 12.8. The van der Waals surface area contributed by atoms with Gasteiger partial charge in [-0.1, -0.05) is 0 Å². The maximum atomic E-state index is 11.4. The quantitative estimate of drug-likeness (QED) is 0.645. The molecule has 7 heteroatoms. The summed E-state index contributed by atoms with van der Waals surface area (Å²) in [5, 5.41) is 11.1. The molecule has 0 atom stereocenters. The number of aliphatic carboxylic acids is 1. The van der Waals surface area contributed by atoms with Crippen LogP contribution in [0.4, 0.5) is 4.79 Å². The second-order valence-corrected chi connectivity index (χ2v) is 3.73. The largest absolute Gasteiger partial charge is 0.481 e. The smallest absolute Gasteiger partial charge is 0.317 e. The van der Waals surface area contributed by atoms with Gasteiger partial charge in [0.05, 0.1) is 18.9 Å². The highest BCUT2D eigenvalue weighted by atomic mass is 16.5. The lowest BCUT2D eigenvalue weighted by Crippen LogP contribution is -2.56. The molecule has 1 heterocycles. The van der Waals surface area contributed by atoms with Crippen LogP contribution >= 0.6 is 0 Å². The van der Waals surface area contributed by atoms with E-state index in [1.165, 1.54) is 4.90 Å². The Morgan fingerprint density at radius 1 is 1.41 bits per heavy atom. The lowest BCUT2D eigenvalue weighted by atomic mass is 10.0. The maximum absolute atomic E-state index is 11.4. The molecule has 0 saturated carbocycles. The maximum Gasteiger partial charge on any atom is 0.317 e. The molecule has 1 rings (SSSR count). The fraction of sp³-hybridized carbons (Fsp3) is 0.700. The van der Waals surface area contributed by atoms with Gasteiger partial charge in [0.25, 0.3) is 0 Å². The van der Waals surface area contributed by atoms with Gasteiger partial charge in [0.2, 0.25) is 0 Å². The van der Waals surface area contributed by atoms with Crippen LogP contribution in [0.3, 0.4) is 0 Å². The van der Waals surface area contributed by atoms with E-state index in [0.29, 0.717) is 6.61 Å². The van der Waals surface area contributed by atoms with Gasteiger partial charge in [-0.3, -0.25) is 9.59 Å². The molecule has 0 aromatic rings. The minimum Gasteiger partial charge on any atom is -0.481 e. The Balaban J connectivity index is 2.11. The number of hydrogen-bond donors (Lipinski definition) is 2. The number of esters is 1. The van der Waals surface area contributed by atoms with E-state index in [2.05, 4.69) is 5.32 Å². The van der Waals surface area contributed by atoms with E-state index in [9.17, 15) is 14.4 Å². The molecule has 0 spiro atoms. The first kappa shape index (κ1) is 13.3. The number of hydrogen-bond acceptors (Lipinski definition) is 4. The Morgan fingerprint density at radius 2 is 2.06 bits per heavy atom. The third-order valence-corrected chi connectivity index (χ3v) is 2.43. The van der Waals surface area contributed by atoms with Crippen molar-refractivity contribution in [2.45, 2.75) is 13.3 Å². The number of carboxylic acids is 1. The Morgan fingerprint density at radius 3 is 2.59 bits per heavy atom. The van der Waals surface area contributed by atoms with Crippen molar-refractivity contribution < 1.29 is 24.2 Å². The van der Waals surface area contributed by atoms with Crippen molar-refractivity contribution in [3.63, 3.8) is 0 Å². The van der Waals surface area contributed by atoms with Crippen LogP contribution in [0.25, 0.3) is 0 Å². The zero-order valence-corrected chi connectivity index (χ0v) is 9.64. The number of carboxylic acid groups (broad SMARTS) is 1. The van der Waals surface area contributed by atoms with Crippen molar-refractivity contribution in [3.8, 4) is 0 Å². The molecule has 1 aliphatic heterocycles. The number of likely N-dealkylation sites (tertiary alicyclic amines) is 1. The van der Waals surface area contributed by atoms with Gasteiger partial charge in [0.1, 0.15) is 0 Å². The molecule has 0 bridgehead atoms. The highest BCUT2D eigenvalue weighted by Crippen LogP contribution is 2.14. The second-order valence-electron chi connectivity index (χ2n) is 3.73. The Kier molecular flexibility index (Phi) is 4.74. The molecule has 17 heavy (non-hydrogen) atoms. The van der Waals surface area contributed by atoms with E-state index in [4.69, 9.17) is 9.84 Å². The first-order valence-corrected chi connectivity index (χ1v) is 5.45. The molecule has 0 aromatic carbocycles. The lowest BCUT2D eigenvalue weighted by molar-refractivity contribution is -0.146. The number of amides is 2. The molecule has 0 aromatic heterocycles. The first-order valence-electron chi connectivity index (χ1n) is 5.45. The Bertz CT molecular complexity index is 312. The number of ether oxygens (including phenoxy) is 1. The molecule has 7 nitrogen and oxygen atoms in total. The van der Waals surface area contributed by atoms with Gasteiger partial charge in [-0.2, -0.15) is 0 Å². The molecule has 1 fully saturated rings. The van der Waals surface area contributed by atoms with Crippen molar-refractivity contribution >= 4 is 18.0 Å². The van der Waals surface area contributed by atoms with Gasteiger partial charge >= 0.3 is 18.0 Å². The summed E-state index contributed by atoms with van der Waals surface area (Å²) >= 11 is 0. The minimum absolute atomic E-state index is 0.121. The van der Waals surface area contributed by atoms with Crippen LogP contribution < -0.4 is 5.32 Å². The monoisotopic (exact) mass is 244 g/mol. The summed E-state index contributed by atoms with van der Waals surface area (Å²) in [6, 6.07) is -0.341. The Labute approximate surface area is 98.7 Å². The Hall–Kier alpha value is -1.79. The summed E-state index contributed by atoms with van der Waals surface area (Å²) in [5.41, 5.74) is 0. The normalized spacial score (nSPS) is 15.0. The summed E-state index contributed by atoms with van der Waals surface area (Å²) < 4.78 is 4.69. The lowest BCUT2D eigenvalue weighted by Gasteiger charge is -2.36. The van der Waals surface area contributed by atoms with E-state index in [0.717, 1.165) is 0 Å². The molecule has 0 aliphatic carbocycles. The number of rotatable bonds is 5. The van der Waals surface area contributed by atoms with Crippen LogP contribution in [0.5, 0.6) is 0 Å². The SMILES string of the molecule is CCOC(=O)CCNC(=O)N1CC(C(=O)O)C1. The summed E-state index contributed by atoms with van der Waals surface area (Å²) in [6.07, 6.45) is 0.121. The molecule has 1 saturated heterocycles. The fourth-order valence-corrected chi connectivity index (χ4v) is 1.42. The van der Waals surface area contributed by atoms with Gasteiger partial charge < -0.3 is 20.1 Å². The summed E-state index contributed by atoms with van der Waals surface area (Å²) in [4.78, 5) is 34.3. The third-order valence-electron chi connectivity index (χ3n) is 2.43. The molecule has 0 unspecified atom stereocenters. The van der Waals surface area contributed by atoms with Gasteiger partial charge in [0, 0.05) is 19.6 Å². The molecule has 2 N–H and O–H groups in total. The van der Waals surface area contributed by atoms with Gasteiger partial charge in [-0.25, -0.2) is 4.79 Å². The van der Waals surface area contributed by atoms with Crippen molar-refractivity contribution in [2.75, 3.05) is 26.2 Å². The number of urea groups is 1. The molecule has 2 amide bonds. The zero-order valence-electron chi connectivity index (χ0n) is 9.64.